The number of rotatable bonds is 5. The van der Waals surface area contributed by atoms with Gasteiger partial charge in [0.2, 0.25) is 0 Å². The largest absolute Gasteiger partial charge is 0.598 e. The van der Waals surface area contributed by atoms with Crippen molar-refractivity contribution < 1.29 is 8.94 Å². The predicted molar refractivity (Wildman–Crippen MR) is 111 cm³/mol. The van der Waals surface area contributed by atoms with Crippen LogP contribution >= 0.6 is 0 Å². The number of fused-ring (bicyclic) bond motifs is 1. The van der Waals surface area contributed by atoms with Crippen LogP contribution in [0.1, 0.15) is 29.4 Å². The number of benzene rings is 2. The van der Waals surface area contributed by atoms with Crippen molar-refractivity contribution >= 4 is 11.4 Å². The lowest BCUT2D eigenvalue weighted by Crippen LogP contribution is -2.45. The Morgan fingerprint density at radius 3 is 2.82 bits per heavy atom. The first kappa shape index (κ1) is 19.2. The molecule has 0 spiro atoms. The number of aryl methyl sites for hydroxylation is 2. The van der Waals surface area contributed by atoms with Gasteiger partial charge in [0.05, 0.1) is 17.8 Å². The van der Waals surface area contributed by atoms with E-state index in [-0.39, 0.29) is 17.9 Å². The standard InChI is InChI=1S/C22H24FN3OS/c1-15-12-18-10-11-21(25-28(2)27)22(26(18)24-15)14-16-6-5-7-17(13-16)19-8-3-4-9-20(19)23/h3-9,12-13,21-22,25H,10-11,14H2,1-2H3. The molecular formula is C22H24FN3OS. The second-order valence-electron chi connectivity index (χ2n) is 7.39. The number of halogens is 1. The highest BCUT2D eigenvalue weighted by atomic mass is 32.2. The molecule has 1 aliphatic heterocycles. The quantitative estimate of drug-likeness (QED) is 0.663. The molecule has 0 fully saturated rings. The average Bonchev–Trinajstić information content (AvgIpc) is 3.05. The first-order valence-corrected chi connectivity index (χ1v) is 11.1. The molecule has 6 heteroatoms. The average molecular weight is 398 g/mol. The van der Waals surface area contributed by atoms with Gasteiger partial charge >= 0.3 is 0 Å². The summed E-state index contributed by atoms with van der Waals surface area (Å²) in [5.41, 5.74) is 4.80. The Bertz CT molecular complexity index is 972. The van der Waals surface area contributed by atoms with Gasteiger partial charge in [0.1, 0.15) is 12.1 Å². The van der Waals surface area contributed by atoms with E-state index in [1.807, 2.05) is 31.2 Å². The molecule has 4 rings (SSSR count). The number of nitrogens with zero attached hydrogens (tertiary/aromatic N) is 2. The second kappa shape index (κ2) is 8.07. The van der Waals surface area contributed by atoms with Gasteiger partial charge in [0, 0.05) is 22.6 Å². The first-order chi connectivity index (χ1) is 13.5. The molecule has 1 aromatic heterocycles. The van der Waals surface area contributed by atoms with Gasteiger partial charge in [-0.2, -0.15) is 5.10 Å². The van der Waals surface area contributed by atoms with Crippen LogP contribution in [-0.4, -0.2) is 26.6 Å². The third-order valence-corrected chi connectivity index (χ3v) is 5.93. The molecule has 0 saturated carbocycles. The third-order valence-electron chi connectivity index (χ3n) is 5.30. The lowest BCUT2D eigenvalue weighted by molar-refractivity contribution is 0.299. The van der Waals surface area contributed by atoms with Crippen LogP contribution in [0.15, 0.2) is 54.6 Å². The molecule has 3 aromatic rings. The van der Waals surface area contributed by atoms with Crippen molar-refractivity contribution in [3.8, 4) is 11.1 Å². The van der Waals surface area contributed by atoms with Crippen molar-refractivity contribution in [2.75, 3.05) is 6.26 Å². The summed E-state index contributed by atoms with van der Waals surface area (Å²) in [5.74, 6) is -0.219. The van der Waals surface area contributed by atoms with Crippen molar-refractivity contribution in [1.29, 1.82) is 0 Å². The normalized spacial score (nSPS) is 20.0. The first-order valence-electron chi connectivity index (χ1n) is 9.50. The summed E-state index contributed by atoms with van der Waals surface area (Å²) in [5, 5.41) is 4.70. The van der Waals surface area contributed by atoms with E-state index in [0.717, 1.165) is 36.1 Å². The van der Waals surface area contributed by atoms with Crippen LogP contribution < -0.4 is 4.72 Å². The molecule has 146 valence electrons. The fraction of sp³-hybridized carbons (Fsp3) is 0.318. The zero-order valence-electron chi connectivity index (χ0n) is 16.1. The Morgan fingerprint density at radius 1 is 1.21 bits per heavy atom. The van der Waals surface area contributed by atoms with Gasteiger partial charge in [-0.25, -0.2) is 4.39 Å². The molecule has 2 heterocycles. The van der Waals surface area contributed by atoms with Crippen LogP contribution in [0.2, 0.25) is 0 Å². The maximum atomic E-state index is 14.2. The van der Waals surface area contributed by atoms with Crippen LogP contribution in [0.5, 0.6) is 0 Å². The summed E-state index contributed by atoms with van der Waals surface area (Å²) < 4.78 is 31.3. The minimum Gasteiger partial charge on any atom is -0.598 e. The minimum absolute atomic E-state index is 0.0669. The smallest absolute Gasteiger partial charge is 0.131 e. The second-order valence-corrected chi connectivity index (χ2v) is 8.53. The monoisotopic (exact) mass is 397 g/mol. The van der Waals surface area contributed by atoms with Gasteiger partial charge in [-0.05, 0) is 49.4 Å². The number of nitrogens with one attached hydrogen (secondary N) is 1. The molecule has 2 aromatic carbocycles. The molecule has 0 aliphatic carbocycles. The Kier molecular flexibility index (Phi) is 5.53. The van der Waals surface area contributed by atoms with Gasteiger partial charge in [0.25, 0.3) is 0 Å². The summed E-state index contributed by atoms with van der Waals surface area (Å²) in [6, 6.07) is 17.1. The van der Waals surface area contributed by atoms with Crippen molar-refractivity contribution in [3.05, 3.63) is 77.4 Å². The highest BCUT2D eigenvalue weighted by molar-refractivity contribution is 7.88. The van der Waals surface area contributed by atoms with E-state index >= 15 is 0 Å². The summed E-state index contributed by atoms with van der Waals surface area (Å²) in [6.45, 7) is 2.00. The maximum absolute atomic E-state index is 14.2. The van der Waals surface area contributed by atoms with Crippen LogP contribution in [-0.2, 0) is 24.2 Å². The van der Waals surface area contributed by atoms with Crippen LogP contribution in [0.4, 0.5) is 4.39 Å². The molecule has 1 N–H and O–H groups in total. The zero-order valence-corrected chi connectivity index (χ0v) is 16.9. The summed E-state index contributed by atoms with van der Waals surface area (Å²) >= 11 is -1.09. The summed E-state index contributed by atoms with van der Waals surface area (Å²) in [6.07, 6.45) is 4.24. The van der Waals surface area contributed by atoms with Crippen molar-refractivity contribution in [1.82, 2.24) is 14.5 Å². The number of hydrogen-bond acceptors (Lipinski definition) is 3. The Morgan fingerprint density at radius 2 is 2.04 bits per heavy atom. The van der Waals surface area contributed by atoms with E-state index in [1.165, 1.54) is 11.8 Å². The van der Waals surface area contributed by atoms with E-state index in [2.05, 4.69) is 21.5 Å². The van der Waals surface area contributed by atoms with E-state index in [1.54, 1.807) is 18.4 Å². The van der Waals surface area contributed by atoms with Gasteiger partial charge in [-0.15, -0.1) is 4.72 Å². The molecule has 4 nitrogen and oxygen atoms in total. The molecule has 1 aliphatic rings. The Balaban J connectivity index is 1.66. The molecule has 3 atom stereocenters. The highest BCUT2D eigenvalue weighted by Crippen LogP contribution is 2.31. The SMILES string of the molecule is Cc1cc2n(n1)C(Cc1cccc(-c3ccccc3F)c1)C(N[S+](C)[O-])CC2. The fourth-order valence-corrected chi connectivity index (χ4v) is 4.79. The fourth-order valence-electron chi connectivity index (χ4n) is 4.09. The molecule has 28 heavy (non-hydrogen) atoms. The maximum Gasteiger partial charge on any atom is 0.131 e. The minimum atomic E-state index is -1.09. The van der Waals surface area contributed by atoms with Crippen molar-refractivity contribution in [2.24, 2.45) is 0 Å². The topological polar surface area (TPSA) is 52.9 Å². The molecular weight excluding hydrogens is 373 g/mol. The van der Waals surface area contributed by atoms with E-state index in [9.17, 15) is 8.94 Å². The molecule has 0 saturated heterocycles. The molecule has 0 bridgehead atoms. The van der Waals surface area contributed by atoms with Gasteiger partial charge < -0.3 is 4.55 Å². The molecule has 0 radical (unpaired) electrons. The zero-order chi connectivity index (χ0) is 19.7. The van der Waals surface area contributed by atoms with Gasteiger partial charge in [-0.1, -0.05) is 42.5 Å². The van der Waals surface area contributed by atoms with Crippen molar-refractivity contribution in [2.45, 2.75) is 38.3 Å². The van der Waals surface area contributed by atoms with E-state index in [0.29, 0.717) is 5.56 Å². The highest BCUT2D eigenvalue weighted by Gasteiger charge is 2.32. The van der Waals surface area contributed by atoms with Crippen LogP contribution in [0, 0.1) is 12.7 Å². The van der Waals surface area contributed by atoms with Crippen LogP contribution in [0.3, 0.4) is 0 Å². The Labute approximate surface area is 168 Å². The lowest BCUT2D eigenvalue weighted by atomic mass is 9.91. The predicted octanol–water partition coefficient (Wildman–Crippen LogP) is 3.98. The summed E-state index contributed by atoms with van der Waals surface area (Å²) in [7, 11) is 0. The van der Waals surface area contributed by atoms with Gasteiger partial charge in [0.15, 0.2) is 0 Å². The van der Waals surface area contributed by atoms with Crippen LogP contribution in [0.25, 0.3) is 11.1 Å². The summed E-state index contributed by atoms with van der Waals surface area (Å²) in [4.78, 5) is 0. The molecule has 0 amide bonds. The number of hydrogen-bond donors (Lipinski definition) is 1. The number of aromatic nitrogens is 2. The van der Waals surface area contributed by atoms with Crippen molar-refractivity contribution in [3.63, 3.8) is 0 Å². The van der Waals surface area contributed by atoms with E-state index in [4.69, 9.17) is 5.10 Å². The third kappa shape index (κ3) is 3.99. The molecule has 3 unspecified atom stereocenters. The lowest BCUT2D eigenvalue weighted by Gasteiger charge is -2.33. The van der Waals surface area contributed by atoms with E-state index < -0.39 is 11.4 Å². The Hall–Kier alpha value is -2.15. The van der Waals surface area contributed by atoms with Gasteiger partial charge in [-0.3, -0.25) is 4.68 Å².